The van der Waals surface area contributed by atoms with E-state index in [1.807, 2.05) is 0 Å². The second kappa shape index (κ2) is 10.8. The van der Waals surface area contributed by atoms with Crippen LogP contribution in [0.15, 0.2) is 17.1 Å². The zero-order valence-corrected chi connectivity index (χ0v) is 19.0. The number of aliphatic hydroxyl groups excluding tert-OH is 1. The number of esters is 2. The average molecular weight is 498 g/mol. The fraction of sp³-hybridized carbons (Fsp3) is 0.625. The fourth-order valence-electron chi connectivity index (χ4n) is 2.61. The molecule has 32 heavy (non-hydrogen) atoms. The summed E-state index contributed by atoms with van der Waals surface area (Å²) in [5, 5.41) is 21.2. The van der Waals surface area contributed by atoms with Gasteiger partial charge in [0.2, 0.25) is 13.6 Å². The molecule has 3 N–H and O–H groups in total. The summed E-state index contributed by atoms with van der Waals surface area (Å²) in [6, 6.07) is 1.14. The van der Waals surface area contributed by atoms with Gasteiger partial charge < -0.3 is 24.4 Å². The van der Waals surface area contributed by atoms with Crippen LogP contribution in [0.3, 0.4) is 0 Å². The molecule has 0 spiro atoms. The van der Waals surface area contributed by atoms with Gasteiger partial charge in [0.15, 0.2) is 11.0 Å². The lowest BCUT2D eigenvalue weighted by molar-refractivity contribution is -0.151. The second-order valence-electron chi connectivity index (χ2n) is 6.72. The Morgan fingerprint density at radius 1 is 1.25 bits per heavy atom. The normalized spacial score (nSPS) is 25.5. The van der Waals surface area contributed by atoms with E-state index in [2.05, 4.69) is 14.5 Å². The summed E-state index contributed by atoms with van der Waals surface area (Å²) in [6.45, 7) is 1.22. The number of nitrogens with one attached hydrogen (secondary N) is 1. The SMILES string of the molecule is CC(=O)OCOP(=O)(OCOC(C)=O)OC[C@H]1O[C@@H](n2ccc(=O)[nH]c2=S)[C@](C)(O)C1O. The first-order valence-corrected chi connectivity index (χ1v) is 10.9. The van der Waals surface area contributed by atoms with Crippen LogP contribution < -0.4 is 5.56 Å². The molecule has 1 aromatic heterocycles. The predicted molar refractivity (Wildman–Crippen MR) is 105 cm³/mol. The van der Waals surface area contributed by atoms with Gasteiger partial charge in [0.1, 0.15) is 17.8 Å². The van der Waals surface area contributed by atoms with Crippen molar-refractivity contribution in [2.45, 2.75) is 44.8 Å². The number of H-pyrrole nitrogens is 1. The maximum atomic E-state index is 12.7. The molecule has 0 aromatic carbocycles. The third kappa shape index (κ3) is 6.76. The van der Waals surface area contributed by atoms with Gasteiger partial charge in [-0.1, -0.05) is 0 Å². The van der Waals surface area contributed by atoms with Gasteiger partial charge >= 0.3 is 19.8 Å². The monoisotopic (exact) mass is 498 g/mol. The molecule has 1 fully saturated rings. The van der Waals surface area contributed by atoms with Gasteiger partial charge in [0.05, 0.1) is 6.61 Å². The Balaban J connectivity index is 2.12. The first-order chi connectivity index (χ1) is 14.9. The van der Waals surface area contributed by atoms with E-state index >= 15 is 0 Å². The van der Waals surface area contributed by atoms with Crippen LogP contribution >= 0.6 is 20.0 Å². The summed E-state index contributed by atoms with van der Waals surface area (Å²) in [7, 11) is -4.46. The molecule has 180 valence electrons. The summed E-state index contributed by atoms with van der Waals surface area (Å²) < 4.78 is 43.3. The fourth-order valence-corrected chi connectivity index (χ4v) is 3.79. The van der Waals surface area contributed by atoms with Crippen molar-refractivity contribution in [1.82, 2.24) is 9.55 Å². The summed E-state index contributed by atoms with van der Waals surface area (Å²) in [6.07, 6.45) is -2.78. The number of hydrogen-bond acceptors (Lipinski definition) is 13. The molecule has 0 bridgehead atoms. The minimum Gasteiger partial charge on any atom is -0.438 e. The Hall–Kier alpha value is -1.97. The number of aromatic amines is 1. The highest BCUT2D eigenvalue weighted by molar-refractivity contribution is 7.71. The van der Waals surface area contributed by atoms with Crippen molar-refractivity contribution in [2.75, 3.05) is 20.2 Å². The van der Waals surface area contributed by atoms with Crippen molar-refractivity contribution < 1.29 is 52.1 Å². The van der Waals surface area contributed by atoms with E-state index in [-0.39, 0.29) is 4.77 Å². The topological polar surface area (TPSA) is 185 Å². The number of aliphatic hydroxyl groups is 2. The maximum absolute atomic E-state index is 12.7. The lowest BCUT2D eigenvalue weighted by Gasteiger charge is -2.28. The van der Waals surface area contributed by atoms with Crippen LogP contribution in [0.25, 0.3) is 0 Å². The quantitative estimate of drug-likeness (QED) is 0.171. The summed E-state index contributed by atoms with van der Waals surface area (Å²) in [5.74, 6) is -1.47. The van der Waals surface area contributed by atoms with Gasteiger partial charge in [-0.25, -0.2) is 13.6 Å². The highest BCUT2D eigenvalue weighted by Gasteiger charge is 2.53. The molecule has 2 heterocycles. The molecular weight excluding hydrogens is 475 g/mol. The highest BCUT2D eigenvalue weighted by Crippen LogP contribution is 2.50. The smallest absolute Gasteiger partial charge is 0.438 e. The van der Waals surface area contributed by atoms with Crippen LogP contribution in [-0.2, 0) is 41.9 Å². The lowest BCUT2D eigenvalue weighted by atomic mass is 9.96. The largest absolute Gasteiger partial charge is 0.480 e. The van der Waals surface area contributed by atoms with Gasteiger partial charge in [-0.2, -0.15) is 0 Å². The van der Waals surface area contributed by atoms with E-state index in [0.29, 0.717) is 0 Å². The van der Waals surface area contributed by atoms with Crippen molar-refractivity contribution in [3.05, 3.63) is 27.4 Å². The second-order valence-corrected chi connectivity index (χ2v) is 8.78. The Kier molecular flexibility index (Phi) is 8.84. The predicted octanol–water partition coefficient (Wildman–Crippen LogP) is 0.114. The number of aromatic nitrogens is 2. The first-order valence-electron chi connectivity index (χ1n) is 9.03. The van der Waals surface area contributed by atoms with Crippen LogP contribution in [0, 0.1) is 4.77 Å². The van der Waals surface area contributed by atoms with E-state index in [1.54, 1.807) is 0 Å². The maximum Gasteiger partial charge on any atom is 0.480 e. The molecule has 1 aromatic rings. The number of carbonyl (C=O) groups excluding carboxylic acids is 2. The number of phosphoric acid groups is 1. The number of phosphoric ester groups is 1. The Morgan fingerprint density at radius 2 is 1.81 bits per heavy atom. The molecule has 0 saturated carbocycles. The molecule has 2 rings (SSSR count). The highest BCUT2D eigenvalue weighted by atomic mass is 32.1. The number of hydrogen-bond donors (Lipinski definition) is 3. The van der Waals surface area contributed by atoms with Crippen LogP contribution in [0.1, 0.15) is 27.0 Å². The zero-order valence-electron chi connectivity index (χ0n) is 17.3. The Bertz CT molecular complexity index is 968. The number of nitrogens with zero attached hydrogens (tertiary/aromatic N) is 1. The average Bonchev–Trinajstić information content (AvgIpc) is 2.89. The van der Waals surface area contributed by atoms with E-state index in [4.69, 9.17) is 30.5 Å². The van der Waals surface area contributed by atoms with Crippen LogP contribution in [0.4, 0.5) is 0 Å². The van der Waals surface area contributed by atoms with Crippen LogP contribution in [0.2, 0.25) is 0 Å². The minimum atomic E-state index is -4.46. The van der Waals surface area contributed by atoms with Crippen molar-refractivity contribution in [3.8, 4) is 0 Å². The zero-order chi connectivity index (χ0) is 24.1. The summed E-state index contributed by atoms with van der Waals surface area (Å²) >= 11 is 5.05. The Labute approximate surface area is 186 Å². The van der Waals surface area contributed by atoms with E-state index in [0.717, 1.165) is 19.9 Å². The summed E-state index contributed by atoms with van der Waals surface area (Å²) in [5.41, 5.74) is -2.37. The minimum absolute atomic E-state index is 0.0726. The van der Waals surface area contributed by atoms with Gasteiger partial charge in [-0.05, 0) is 19.1 Å². The van der Waals surface area contributed by atoms with Gasteiger partial charge in [-0.3, -0.25) is 28.5 Å². The number of ether oxygens (including phenoxy) is 3. The van der Waals surface area contributed by atoms with Crippen LogP contribution in [0.5, 0.6) is 0 Å². The molecular formula is C16H23N2O12PS. The number of carbonyl (C=O) groups is 2. The molecule has 1 aliphatic rings. The molecule has 0 aliphatic carbocycles. The number of rotatable bonds is 10. The molecule has 0 amide bonds. The van der Waals surface area contributed by atoms with E-state index in [1.165, 1.54) is 17.7 Å². The van der Waals surface area contributed by atoms with Gasteiger partial charge in [-0.15, -0.1) is 0 Å². The van der Waals surface area contributed by atoms with Crippen molar-refractivity contribution in [1.29, 1.82) is 0 Å². The third-order valence-corrected chi connectivity index (χ3v) is 5.82. The van der Waals surface area contributed by atoms with Crippen LogP contribution in [-0.4, -0.2) is 69.7 Å². The van der Waals surface area contributed by atoms with E-state index < -0.39 is 69.6 Å². The summed E-state index contributed by atoms with van der Waals surface area (Å²) in [4.78, 5) is 35.5. The molecule has 1 unspecified atom stereocenters. The first kappa shape index (κ1) is 26.3. The standard InChI is InChI=1S/C16H23N2O12PS/c1-9(19)25-7-28-31(24,29-8-26-10(2)20)27-6-11-13(22)16(3,23)14(30-11)18-5-4-12(21)17-15(18)32/h4-5,11,13-14,22-23H,6-8H2,1-3H3,(H,17,21,32)/t11-,13?,14-,16-/m1/s1. The van der Waals surface area contributed by atoms with E-state index in [9.17, 15) is 29.2 Å². The molecule has 14 nitrogen and oxygen atoms in total. The third-order valence-electron chi connectivity index (χ3n) is 4.20. The van der Waals surface area contributed by atoms with Crippen molar-refractivity contribution in [3.63, 3.8) is 0 Å². The molecule has 16 heteroatoms. The van der Waals surface area contributed by atoms with Crippen molar-refractivity contribution >= 4 is 32.0 Å². The molecule has 0 radical (unpaired) electrons. The lowest BCUT2D eigenvalue weighted by Crippen LogP contribution is -2.44. The van der Waals surface area contributed by atoms with Gasteiger partial charge in [0, 0.05) is 26.1 Å². The molecule has 4 atom stereocenters. The van der Waals surface area contributed by atoms with Gasteiger partial charge in [0.25, 0.3) is 5.56 Å². The Morgan fingerprint density at radius 3 is 2.31 bits per heavy atom. The molecule has 1 saturated heterocycles. The molecule has 1 aliphatic heterocycles. The van der Waals surface area contributed by atoms with Crippen molar-refractivity contribution in [2.24, 2.45) is 0 Å².